The Hall–Kier alpha value is -1.53. The Balaban J connectivity index is 2.11. The normalized spacial score (nSPS) is 24.8. The van der Waals surface area contributed by atoms with E-state index in [0.29, 0.717) is 6.04 Å². The van der Waals surface area contributed by atoms with Gasteiger partial charge in [0.15, 0.2) is 0 Å². The second kappa shape index (κ2) is 5.00. The molecule has 1 aliphatic rings. The molecule has 0 spiro atoms. The minimum Gasteiger partial charge on any atom is -0.496 e. The molecule has 3 nitrogen and oxygen atoms in total. The summed E-state index contributed by atoms with van der Waals surface area (Å²) in [6.07, 6.45) is 1.96. The summed E-state index contributed by atoms with van der Waals surface area (Å²) in [4.78, 5) is 0. The molecule has 84 valence electrons. The lowest BCUT2D eigenvalue weighted by Crippen LogP contribution is -2.32. The van der Waals surface area contributed by atoms with Crippen molar-refractivity contribution in [2.75, 3.05) is 13.7 Å². The highest BCUT2D eigenvalue weighted by Crippen LogP contribution is 2.31. The number of hydrogen-bond donors (Lipinski definition) is 1. The number of para-hydroxylation sites is 1. The molecule has 0 saturated carbocycles. The van der Waals surface area contributed by atoms with Crippen LogP contribution in [0.3, 0.4) is 0 Å². The van der Waals surface area contributed by atoms with Gasteiger partial charge in [-0.2, -0.15) is 5.26 Å². The van der Waals surface area contributed by atoms with E-state index in [1.54, 1.807) is 7.11 Å². The average Bonchev–Trinajstić information content (AvgIpc) is 2.39. The first-order valence-corrected chi connectivity index (χ1v) is 5.61. The Bertz CT molecular complexity index is 389. The first kappa shape index (κ1) is 11.0. The zero-order valence-corrected chi connectivity index (χ0v) is 9.44. The maximum absolute atomic E-state index is 8.83. The second-order valence-electron chi connectivity index (χ2n) is 4.11. The number of nitrogens with one attached hydrogen (secondary N) is 1. The van der Waals surface area contributed by atoms with Crippen LogP contribution in [0, 0.1) is 17.2 Å². The van der Waals surface area contributed by atoms with Gasteiger partial charge in [0.1, 0.15) is 5.75 Å². The van der Waals surface area contributed by atoms with E-state index in [-0.39, 0.29) is 5.92 Å². The molecule has 2 atom stereocenters. The van der Waals surface area contributed by atoms with Gasteiger partial charge in [0.05, 0.1) is 19.1 Å². The molecule has 1 aromatic carbocycles. The molecule has 16 heavy (non-hydrogen) atoms. The number of rotatable bonds is 2. The van der Waals surface area contributed by atoms with Crippen LogP contribution in [-0.2, 0) is 0 Å². The molecule has 0 bridgehead atoms. The van der Waals surface area contributed by atoms with Gasteiger partial charge >= 0.3 is 0 Å². The molecule has 2 unspecified atom stereocenters. The monoisotopic (exact) mass is 216 g/mol. The highest BCUT2D eigenvalue weighted by molar-refractivity contribution is 5.36. The molecule has 0 aromatic heterocycles. The van der Waals surface area contributed by atoms with Gasteiger partial charge in [-0.05, 0) is 18.9 Å². The minimum atomic E-state index is 0.158. The number of methoxy groups -OCH3 is 1. The summed E-state index contributed by atoms with van der Waals surface area (Å²) >= 11 is 0. The van der Waals surface area contributed by atoms with Crippen LogP contribution in [0.2, 0.25) is 0 Å². The zero-order valence-electron chi connectivity index (χ0n) is 9.44. The summed E-state index contributed by atoms with van der Waals surface area (Å²) in [7, 11) is 1.69. The molecule has 3 heteroatoms. The van der Waals surface area contributed by atoms with E-state index in [9.17, 15) is 0 Å². The predicted molar refractivity (Wildman–Crippen MR) is 62.1 cm³/mol. The van der Waals surface area contributed by atoms with Crippen LogP contribution in [0.1, 0.15) is 24.4 Å². The van der Waals surface area contributed by atoms with Crippen molar-refractivity contribution in [1.82, 2.24) is 5.32 Å². The van der Waals surface area contributed by atoms with Crippen molar-refractivity contribution in [3.8, 4) is 11.8 Å². The van der Waals surface area contributed by atoms with Crippen molar-refractivity contribution >= 4 is 0 Å². The SMILES string of the molecule is COc1ccccc1C1CCC(C#N)CN1. The Labute approximate surface area is 96.0 Å². The van der Waals surface area contributed by atoms with Crippen LogP contribution in [0.15, 0.2) is 24.3 Å². The molecule has 0 radical (unpaired) electrons. The quantitative estimate of drug-likeness (QED) is 0.824. The fourth-order valence-corrected chi connectivity index (χ4v) is 2.19. The van der Waals surface area contributed by atoms with Crippen LogP contribution >= 0.6 is 0 Å². The van der Waals surface area contributed by atoms with Gasteiger partial charge in [0, 0.05) is 18.2 Å². The third-order valence-corrected chi connectivity index (χ3v) is 3.11. The Morgan fingerprint density at radius 3 is 2.81 bits per heavy atom. The summed E-state index contributed by atoms with van der Waals surface area (Å²) < 4.78 is 5.35. The van der Waals surface area contributed by atoms with Crippen LogP contribution in [0.5, 0.6) is 5.75 Å². The summed E-state index contributed by atoms with van der Waals surface area (Å²) in [5.41, 5.74) is 1.20. The van der Waals surface area contributed by atoms with Gasteiger partial charge in [0.25, 0.3) is 0 Å². The summed E-state index contributed by atoms with van der Waals surface area (Å²) in [6.45, 7) is 0.777. The molecule has 0 aliphatic carbocycles. The van der Waals surface area contributed by atoms with Crippen LogP contribution < -0.4 is 10.1 Å². The zero-order chi connectivity index (χ0) is 11.4. The fourth-order valence-electron chi connectivity index (χ4n) is 2.19. The highest BCUT2D eigenvalue weighted by atomic mass is 16.5. The molecule has 1 heterocycles. The van der Waals surface area contributed by atoms with E-state index in [2.05, 4.69) is 17.5 Å². The van der Waals surface area contributed by atoms with E-state index in [0.717, 1.165) is 25.1 Å². The Morgan fingerprint density at radius 2 is 2.19 bits per heavy atom. The van der Waals surface area contributed by atoms with Crippen LogP contribution in [0.25, 0.3) is 0 Å². The number of nitriles is 1. The average molecular weight is 216 g/mol. The van der Waals surface area contributed by atoms with Crippen molar-refractivity contribution in [3.05, 3.63) is 29.8 Å². The van der Waals surface area contributed by atoms with Crippen molar-refractivity contribution in [2.45, 2.75) is 18.9 Å². The molecule has 2 rings (SSSR count). The number of hydrogen-bond acceptors (Lipinski definition) is 3. The van der Waals surface area contributed by atoms with Gasteiger partial charge in [-0.3, -0.25) is 0 Å². The Morgan fingerprint density at radius 1 is 1.38 bits per heavy atom. The maximum atomic E-state index is 8.83. The van der Waals surface area contributed by atoms with Crippen molar-refractivity contribution in [1.29, 1.82) is 5.26 Å². The summed E-state index contributed by atoms with van der Waals surface area (Å²) in [5, 5.41) is 12.2. The maximum Gasteiger partial charge on any atom is 0.123 e. The molecule has 1 aromatic rings. The van der Waals surface area contributed by atoms with Gasteiger partial charge in [-0.15, -0.1) is 0 Å². The third-order valence-electron chi connectivity index (χ3n) is 3.11. The largest absolute Gasteiger partial charge is 0.496 e. The summed E-state index contributed by atoms with van der Waals surface area (Å²) in [6, 6.07) is 10.7. The topological polar surface area (TPSA) is 45.0 Å². The van der Waals surface area contributed by atoms with Gasteiger partial charge in [-0.1, -0.05) is 18.2 Å². The minimum absolute atomic E-state index is 0.158. The molecular formula is C13H16N2O. The lowest BCUT2D eigenvalue weighted by molar-refractivity contribution is 0.344. The van der Waals surface area contributed by atoms with E-state index in [1.807, 2.05) is 18.2 Å². The van der Waals surface area contributed by atoms with Crippen LogP contribution in [0.4, 0.5) is 0 Å². The molecule has 1 saturated heterocycles. The van der Waals surface area contributed by atoms with Gasteiger partial charge in [-0.25, -0.2) is 0 Å². The van der Waals surface area contributed by atoms with Gasteiger partial charge in [0.2, 0.25) is 0 Å². The van der Waals surface area contributed by atoms with Crippen LogP contribution in [-0.4, -0.2) is 13.7 Å². The Kier molecular flexibility index (Phi) is 3.43. The van der Waals surface area contributed by atoms with Gasteiger partial charge < -0.3 is 10.1 Å². The third kappa shape index (κ3) is 2.17. The smallest absolute Gasteiger partial charge is 0.123 e. The van der Waals surface area contributed by atoms with Crippen molar-refractivity contribution in [2.24, 2.45) is 5.92 Å². The fraction of sp³-hybridized carbons (Fsp3) is 0.462. The standard InChI is InChI=1S/C13H16N2O/c1-16-13-5-3-2-4-11(13)12-7-6-10(8-14)9-15-12/h2-5,10,12,15H,6-7,9H2,1H3. The molecule has 1 fully saturated rings. The number of piperidine rings is 1. The van der Waals surface area contributed by atoms with Crippen molar-refractivity contribution in [3.63, 3.8) is 0 Å². The predicted octanol–water partition coefficient (Wildman–Crippen LogP) is 2.26. The molecule has 1 aliphatic heterocycles. The number of benzene rings is 1. The van der Waals surface area contributed by atoms with E-state index in [4.69, 9.17) is 10.00 Å². The van der Waals surface area contributed by atoms with E-state index in [1.165, 1.54) is 5.56 Å². The lowest BCUT2D eigenvalue weighted by atomic mass is 9.91. The first-order valence-electron chi connectivity index (χ1n) is 5.61. The summed E-state index contributed by atoms with van der Waals surface area (Å²) in [5.74, 6) is 1.08. The van der Waals surface area contributed by atoms with E-state index >= 15 is 0 Å². The lowest BCUT2D eigenvalue weighted by Gasteiger charge is -2.27. The van der Waals surface area contributed by atoms with Crippen molar-refractivity contribution < 1.29 is 4.74 Å². The van der Waals surface area contributed by atoms with E-state index < -0.39 is 0 Å². The highest BCUT2D eigenvalue weighted by Gasteiger charge is 2.23. The molecule has 1 N–H and O–H groups in total. The first-order chi connectivity index (χ1) is 7.85. The second-order valence-corrected chi connectivity index (χ2v) is 4.11. The molecule has 0 amide bonds. The number of nitrogens with zero attached hydrogens (tertiary/aromatic N) is 1. The molecular weight excluding hydrogens is 200 g/mol. The number of ether oxygens (including phenoxy) is 1.